The standard InChI is InChI=1S/C19H27N3O4S/c1-21(2)27(24,25)22-12-19(13-22,11-14-6-4-3-5-7-14)18(23)20-16-10-15-8-9-17(16)26-15/h3-7,15-17H,8-13H2,1-2H3,(H,20,23)/t15-,16+,17+/m0/s1. The first-order valence-corrected chi connectivity index (χ1v) is 10.9. The Balaban J connectivity index is 1.51. The summed E-state index contributed by atoms with van der Waals surface area (Å²) in [4.78, 5) is 13.2. The summed E-state index contributed by atoms with van der Waals surface area (Å²) in [6, 6.07) is 9.84. The number of ether oxygens (including phenoxy) is 1. The lowest BCUT2D eigenvalue weighted by atomic mass is 9.75. The Morgan fingerprint density at radius 2 is 1.96 bits per heavy atom. The van der Waals surface area contributed by atoms with Gasteiger partial charge in [-0.3, -0.25) is 4.79 Å². The number of rotatable bonds is 6. The molecule has 3 heterocycles. The van der Waals surface area contributed by atoms with Crippen molar-refractivity contribution in [3.05, 3.63) is 35.9 Å². The van der Waals surface area contributed by atoms with E-state index in [0.29, 0.717) is 6.42 Å². The largest absolute Gasteiger partial charge is 0.373 e. The fourth-order valence-corrected chi connectivity index (χ4v) is 5.74. The van der Waals surface area contributed by atoms with E-state index < -0.39 is 15.6 Å². The Hall–Kier alpha value is -1.48. The number of fused-ring (bicyclic) bond motifs is 2. The van der Waals surface area contributed by atoms with Crippen LogP contribution in [0.1, 0.15) is 24.8 Å². The molecule has 3 saturated heterocycles. The van der Waals surface area contributed by atoms with Crippen LogP contribution in [0.25, 0.3) is 0 Å². The monoisotopic (exact) mass is 393 g/mol. The second-order valence-electron chi connectivity index (χ2n) is 8.19. The van der Waals surface area contributed by atoms with E-state index in [-0.39, 0.29) is 37.2 Å². The highest BCUT2D eigenvalue weighted by molar-refractivity contribution is 7.86. The van der Waals surface area contributed by atoms with Gasteiger partial charge in [-0.2, -0.15) is 17.0 Å². The number of amides is 1. The number of carbonyl (C=O) groups is 1. The van der Waals surface area contributed by atoms with Crippen LogP contribution in [0.2, 0.25) is 0 Å². The van der Waals surface area contributed by atoms with E-state index in [4.69, 9.17) is 4.74 Å². The maximum absolute atomic E-state index is 13.2. The Kier molecular flexibility index (Phi) is 4.78. The molecule has 0 saturated carbocycles. The van der Waals surface area contributed by atoms with Gasteiger partial charge < -0.3 is 10.1 Å². The predicted molar refractivity (Wildman–Crippen MR) is 101 cm³/mol. The molecular formula is C19H27N3O4S. The topological polar surface area (TPSA) is 79.0 Å². The van der Waals surface area contributed by atoms with Crippen LogP contribution in [-0.4, -0.2) is 68.4 Å². The second-order valence-corrected chi connectivity index (χ2v) is 10.3. The van der Waals surface area contributed by atoms with Gasteiger partial charge in [0.1, 0.15) is 0 Å². The molecule has 3 fully saturated rings. The number of nitrogens with zero attached hydrogens (tertiary/aromatic N) is 2. The van der Waals surface area contributed by atoms with Crippen molar-refractivity contribution in [2.24, 2.45) is 5.41 Å². The number of nitrogens with one attached hydrogen (secondary N) is 1. The Labute approximate surface area is 160 Å². The lowest BCUT2D eigenvalue weighted by Gasteiger charge is -2.49. The molecule has 1 amide bonds. The molecule has 0 radical (unpaired) electrons. The summed E-state index contributed by atoms with van der Waals surface area (Å²) in [7, 11) is -0.484. The van der Waals surface area contributed by atoms with E-state index in [1.54, 1.807) is 0 Å². The van der Waals surface area contributed by atoms with Gasteiger partial charge in [0.25, 0.3) is 10.2 Å². The zero-order valence-electron chi connectivity index (χ0n) is 15.8. The average Bonchev–Trinajstić information content (AvgIpc) is 3.21. The first-order chi connectivity index (χ1) is 12.8. The van der Waals surface area contributed by atoms with Crippen molar-refractivity contribution in [1.82, 2.24) is 13.9 Å². The van der Waals surface area contributed by atoms with Gasteiger partial charge >= 0.3 is 0 Å². The maximum atomic E-state index is 13.2. The average molecular weight is 394 g/mol. The SMILES string of the molecule is CN(C)S(=O)(=O)N1CC(Cc2ccccc2)(C(=O)N[C@@H]2C[C@@H]3CC[C@H]2O3)C1. The maximum Gasteiger partial charge on any atom is 0.281 e. The molecule has 148 valence electrons. The number of carbonyl (C=O) groups excluding carboxylic acids is 1. The van der Waals surface area contributed by atoms with Gasteiger partial charge in [-0.1, -0.05) is 30.3 Å². The van der Waals surface area contributed by atoms with Crippen LogP contribution in [0.15, 0.2) is 30.3 Å². The van der Waals surface area contributed by atoms with Crippen LogP contribution >= 0.6 is 0 Å². The normalized spacial score (nSPS) is 29.7. The van der Waals surface area contributed by atoms with Crippen LogP contribution in [-0.2, 0) is 26.2 Å². The Bertz CT molecular complexity index is 806. The summed E-state index contributed by atoms with van der Waals surface area (Å²) in [5.41, 5.74) is 0.311. The zero-order valence-corrected chi connectivity index (χ0v) is 16.6. The van der Waals surface area contributed by atoms with E-state index in [9.17, 15) is 13.2 Å². The van der Waals surface area contributed by atoms with Crippen molar-refractivity contribution >= 4 is 16.1 Å². The van der Waals surface area contributed by atoms with E-state index in [1.165, 1.54) is 22.7 Å². The molecule has 7 nitrogen and oxygen atoms in total. The lowest BCUT2D eigenvalue weighted by molar-refractivity contribution is -0.139. The van der Waals surface area contributed by atoms with Crippen molar-refractivity contribution in [2.45, 2.75) is 43.9 Å². The minimum absolute atomic E-state index is 0.0448. The van der Waals surface area contributed by atoms with E-state index >= 15 is 0 Å². The second kappa shape index (κ2) is 6.84. The minimum Gasteiger partial charge on any atom is -0.373 e. The predicted octanol–water partition coefficient (Wildman–Crippen LogP) is 0.774. The smallest absolute Gasteiger partial charge is 0.281 e. The molecule has 0 aromatic heterocycles. The van der Waals surface area contributed by atoms with Gasteiger partial charge in [0.2, 0.25) is 5.91 Å². The summed E-state index contributed by atoms with van der Waals surface area (Å²) in [5, 5.41) is 3.18. The lowest BCUT2D eigenvalue weighted by Crippen LogP contribution is -2.67. The third-order valence-corrected chi connectivity index (χ3v) is 7.87. The molecule has 1 aromatic carbocycles. The molecular weight excluding hydrogens is 366 g/mol. The zero-order chi connectivity index (χ0) is 19.2. The Morgan fingerprint density at radius 1 is 1.26 bits per heavy atom. The van der Waals surface area contributed by atoms with Crippen LogP contribution in [0.3, 0.4) is 0 Å². The van der Waals surface area contributed by atoms with Crippen LogP contribution in [0, 0.1) is 5.41 Å². The van der Waals surface area contributed by atoms with E-state index in [0.717, 1.165) is 24.8 Å². The van der Waals surface area contributed by atoms with Crippen molar-refractivity contribution in [2.75, 3.05) is 27.2 Å². The highest BCUT2D eigenvalue weighted by Crippen LogP contribution is 2.39. The van der Waals surface area contributed by atoms with Crippen LogP contribution in [0.4, 0.5) is 0 Å². The molecule has 3 aliphatic rings. The van der Waals surface area contributed by atoms with Crippen molar-refractivity contribution in [3.8, 4) is 0 Å². The van der Waals surface area contributed by atoms with Crippen molar-refractivity contribution < 1.29 is 17.9 Å². The van der Waals surface area contributed by atoms with Gasteiger partial charge in [0.15, 0.2) is 0 Å². The summed E-state index contributed by atoms with van der Waals surface area (Å²) >= 11 is 0. The van der Waals surface area contributed by atoms with Crippen molar-refractivity contribution in [3.63, 3.8) is 0 Å². The summed E-state index contributed by atoms with van der Waals surface area (Å²) in [5.74, 6) is -0.0577. The van der Waals surface area contributed by atoms with E-state index in [1.807, 2.05) is 30.3 Å². The third kappa shape index (κ3) is 3.40. The molecule has 1 N–H and O–H groups in total. The van der Waals surface area contributed by atoms with Crippen molar-refractivity contribution in [1.29, 1.82) is 0 Å². The third-order valence-electron chi connectivity index (χ3n) is 6.04. The summed E-state index contributed by atoms with van der Waals surface area (Å²) in [6.45, 7) is 0.409. The highest BCUT2D eigenvalue weighted by atomic mass is 32.2. The first kappa shape index (κ1) is 18.9. The molecule has 0 unspecified atom stereocenters. The van der Waals surface area contributed by atoms with Crippen LogP contribution in [0.5, 0.6) is 0 Å². The molecule has 1 aromatic rings. The fraction of sp³-hybridized carbons (Fsp3) is 0.632. The molecule has 3 aliphatic heterocycles. The molecule has 4 rings (SSSR count). The molecule has 27 heavy (non-hydrogen) atoms. The number of benzene rings is 1. The molecule has 0 spiro atoms. The molecule has 8 heteroatoms. The van der Waals surface area contributed by atoms with Gasteiger partial charge in [0, 0.05) is 27.2 Å². The summed E-state index contributed by atoms with van der Waals surface area (Å²) < 4.78 is 33.3. The molecule has 0 aliphatic carbocycles. The van der Waals surface area contributed by atoms with Gasteiger partial charge in [-0.25, -0.2) is 0 Å². The molecule has 3 atom stereocenters. The van der Waals surface area contributed by atoms with Gasteiger partial charge in [0.05, 0.1) is 23.7 Å². The van der Waals surface area contributed by atoms with Gasteiger partial charge in [-0.05, 0) is 31.2 Å². The van der Waals surface area contributed by atoms with Gasteiger partial charge in [-0.15, -0.1) is 0 Å². The quantitative estimate of drug-likeness (QED) is 0.775. The highest BCUT2D eigenvalue weighted by Gasteiger charge is 2.55. The Morgan fingerprint density at radius 3 is 2.52 bits per heavy atom. The minimum atomic E-state index is -3.51. The number of hydrogen-bond acceptors (Lipinski definition) is 4. The molecule has 2 bridgehead atoms. The fourth-order valence-electron chi connectivity index (χ4n) is 4.46. The number of hydrogen-bond donors (Lipinski definition) is 1. The van der Waals surface area contributed by atoms with Crippen LogP contribution < -0.4 is 5.32 Å². The van der Waals surface area contributed by atoms with E-state index in [2.05, 4.69) is 5.32 Å². The summed E-state index contributed by atoms with van der Waals surface area (Å²) in [6.07, 6.45) is 3.81. The first-order valence-electron chi connectivity index (χ1n) is 9.48.